The molecule has 0 aliphatic heterocycles. The summed E-state index contributed by atoms with van der Waals surface area (Å²) in [6, 6.07) is 12.4. The number of rotatable bonds is 6. The van der Waals surface area contributed by atoms with Gasteiger partial charge in [-0.2, -0.15) is 0 Å². The third kappa shape index (κ3) is 4.81. The zero-order chi connectivity index (χ0) is 14.9. The molecule has 0 aliphatic carbocycles. The number of hydrogen-bond acceptors (Lipinski definition) is 2. The van der Waals surface area contributed by atoms with Crippen LogP contribution in [-0.2, 0) is 0 Å². The molecule has 2 rings (SSSR count). The summed E-state index contributed by atoms with van der Waals surface area (Å²) in [5.74, 6) is 6.88. The Hall–Kier alpha value is -1.98. The maximum absolute atomic E-state index is 5.81. The van der Waals surface area contributed by atoms with Crippen LogP contribution in [0.1, 0.15) is 38.2 Å². The van der Waals surface area contributed by atoms with Gasteiger partial charge in [0.2, 0.25) is 0 Å². The van der Waals surface area contributed by atoms with Crippen molar-refractivity contribution in [3.63, 3.8) is 0 Å². The van der Waals surface area contributed by atoms with Crippen molar-refractivity contribution in [2.45, 2.75) is 32.6 Å². The first-order valence-corrected chi connectivity index (χ1v) is 7.69. The molecule has 0 aromatic heterocycles. The molecular weight excluding hydrogens is 258 g/mol. The predicted octanol–water partition coefficient (Wildman–Crippen LogP) is 4.11. The van der Waals surface area contributed by atoms with Gasteiger partial charge in [-0.3, -0.25) is 0 Å². The molecule has 2 heteroatoms. The van der Waals surface area contributed by atoms with E-state index in [1.54, 1.807) is 0 Å². The number of hydrogen-bond donors (Lipinski definition) is 1. The molecular formula is C19H23NO. The van der Waals surface area contributed by atoms with Crippen LogP contribution in [0.4, 0.5) is 0 Å². The molecule has 2 N–H and O–H groups in total. The summed E-state index contributed by atoms with van der Waals surface area (Å²) in [6.45, 7) is 3.41. The highest BCUT2D eigenvalue weighted by Gasteiger charge is 1.99. The first-order chi connectivity index (χ1) is 10.3. The van der Waals surface area contributed by atoms with Crippen LogP contribution >= 0.6 is 0 Å². The van der Waals surface area contributed by atoms with E-state index < -0.39 is 0 Å². The molecule has 0 saturated heterocycles. The lowest BCUT2D eigenvalue weighted by Gasteiger charge is -2.07. The van der Waals surface area contributed by atoms with Crippen LogP contribution in [0.25, 0.3) is 10.8 Å². The summed E-state index contributed by atoms with van der Waals surface area (Å²) in [6.07, 6.45) is 4.91. The van der Waals surface area contributed by atoms with E-state index in [0.29, 0.717) is 6.54 Å². The Morgan fingerprint density at radius 3 is 2.62 bits per heavy atom. The van der Waals surface area contributed by atoms with E-state index in [-0.39, 0.29) is 0 Å². The van der Waals surface area contributed by atoms with Crippen LogP contribution in [0.2, 0.25) is 0 Å². The number of ether oxygens (including phenoxy) is 1. The molecule has 0 aliphatic rings. The molecule has 2 aromatic carbocycles. The van der Waals surface area contributed by atoms with Crippen molar-refractivity contribution in [1.29, 1.82) is 0 Å². The van der Waals surface area contributed by atoms with Gasteiger partial charge in [-0.1, -0.05) is 50.2 Å². The molecule has 0 heterocycles. The fraction of sp³-hybridized carbons (Fsp3) is 0.368. The second-order valence-corrected chi connectivity index (χ2v) is 5.14. The van der Waals surface area contributed by atoms with Crippen molar-refractivity contribution in [3.8, 4) is 17.6 Å². The Bertz CT molecular complexity index is 637. The van der Waals surface area contributed by atoms with E-state index >= 15 is 0 Å². The van der Waals surface area contributed by atoms with E-state index in [9.17, 15) is 0 Å². The van der Waals surface area contributed by atoms with Gasteiger partial charge in [0.1, 0.15) is 5.75 Å². The molecule has 0 spiro atoms. The van der Waals surface area contributed by atoms with Gasteiger partial charge in [-0.25, -0.2) is 0 Å². The Balaban J connectivity index is 2.01. The molecule has 21 heavy (non-hydrogen) atoms. The summed E-state index contributed by atoms with van der Waals surface area (Å²) in [7, 11) is 0. The number of nitrogens with two attached hydrogens (primary N) is 1. The van der Waals surface area contributed by atoms with E-state index in [0.717, 1.165) is 24.3 Å². The van der Waals surface area contributed by atoms with Crippen LogP contribution < -0.4 is 10.5 Å². The highest BCUT2D eigenvalue weighted by Crippen LogP contribution is 2.22. The normalized spacial score (nSPS) is 10.2. The zero-order valence-corrected chi connectivity index (χ0v) is 12.7. The van der Waals surface area contributed by atoms with E-state index in [4.69, 9.17) is 10.5 Å². The van der Waals surface area contributed by atoms with Gasteiger partial charge in [0.05, 0.1) is 13.2 Å². The van der Waals surface area contributed by atoms with Crippen LogP contribution in [0, 0.1) is 11.8 Å². The Labute approximate surface area is 127 Å². The summed E-state index contributed by atoms with van der Waals surface area (Å²) >= 11 is 0. The second-order valence-electron chi connectivity index (χ2n) is 5.14. The molecule has 2 nitrogen and oxygen atoms in total. The van der Waals surface area contributed by atoms with Crippen molar-refractivity contribution in [2.75, 3.05) is 13.2 Å². The van der Waals surface area contributed by atoms with Crippen LogP contribution in [-0.4, -0.2) is 13.2 Å². The molecule has 0 unspecified atom stereocenters. The van der Waals surface area contributed by atoms with Crippen LogP contribution in [0.15, 0.2) is 36.4 Å². The minimum absolute atomic E-state index is 0.392. The number of benzene rings is 2. The average molecular weight is 281 g/mol. The Morgan fingerprint density at radius 2 is 1.81 bits per heavy atom. The summed E-state index contributed by atoms with van der Waals surface area (Å²) in [5, 5.41) is 2.36. The summed E-state index contributed by atoms with van der Waals surface area (Å²) < 4.78 is 5.81. The van der Waals surface area contributed by atoms with Crippen molar-refractivity contribution in [3.05, 3.63) is 42.0 Å². The van der Waals surface area contributed by atoms with Gasteiger partial charge >= 0.3 is 0 Å². The first kappa shape index (κ1) is 15.4. The minimum atomic E-state index is 0.392. The Morgan fingerprint density at radius 1 is 1.00 bits per heavy atom. The highest BCUT2D eigenvalue weighted by atomic mass is 16.5. The fourth-order valence-electron chi connectivity index (χ4n) is 2.26. The maximum atomic E-state index is 5.81. The van der Waals surface area contributed by atoms with Crippen molar-refractivity contribution < 1.29 is 4.74 Å². The monoisotopic (exact) mass is 281 g/mol. The third-order valence-electron chi connectivity index (χ3n) is 3.41. The van der Waals surface area contributed by atoms with Gasteiger partial charge < -0.3 is 10.5 Å². The summed E-state index contributed by atoms with van der Waals surface area (Å²) in [4.78, 5) is 0. The Kier molecular flexibility index (Phi) is 6.12. The SMILES string of the molecule is CCCCCCOc1ccc2cc(C#CCN)ccc2c1. The first-order valence-electron chi connectivity index (χ1n) is 7.69. The molecule has 0 radical (unpaired) electrons. The standard InChI is InChI=1S/C19H23NO/c1-2-3-4-5-13-21-19-11-10-17-14-16(7-6-12-20)8-9-18(17)15-19/h8-11,14-15H,2-5,12-13,20H2,1H3. The number of unbranched alkanes of at least 4 members (excludes halogenated alkanes) is 3. The highest BCUT2D eigenvalue weighted by molar-refractivity contribution is 5.85. The lowest BCUT2D eigenvalue weighted by molar-refractivity contribution is 0.305. The van der Waals surface area contributed by atoms with Crippen molar-refractivity contribution in [1.82, 2.24) is 0 Å². The van der Waals surface area contributed by atoms with Gasteiger partial charge in [-0.05, 0) is 41.5 Å². The maximum Gasteiger partial charge on any atom is 0.119 e. The topological polar surface area (TPSA) is 35.2 Å². The van der Waals surface area contributed by atoms with E-state index in [2.05, 4.69) is 43.0 Å². The molecule has 0 atom stereocenters. The smallest absolute Gasteiger partial charge is 0.119 e. The lowest BCUT2D eigenvalue weighted by Crippen LogP contribution is -1.97. The fourth-order valence-corrected chi connectivity index (χ4v) is 2.26. The quantitative estimate of drug-likeness (QED) is 0.639. The zero-order valence-electron chi connectivity index (χ0n) is 12.7. The van der Waals surface area contributed by atoms with E-state index in [1.807, 2.05) is 12.1 Å². The largest absolute Gasteiger partial charge is 0.494 e. The summed E-state index contributed by atoms with van der Waals surface area (Å²) in [5.41, 5.74) is 6.40. The second kappa shape index (κ2) is 8.34. The lowest BCUT2D eigenvalue weighted by atomic mass is 10.1. The van der Waals surface area contributed by atoms with Gasteiger partial charge in [0.15, 0.2) is 0 Å². The van der Waals surface area contributed by atoms with Crippen molar-refractivity contribution >= 4 is 10.8 Å². The molecule has 2 aromatic rings. The number of fused-ring (bicyclic) bond motifs is 1. The minimum Gasteiger partial charge on any atom is -0.494 e. The molecule has 0 saturated carbocycles. The molecule has 0 bridgehead atoms. The van der Waals surface area contributed by atoms with Crippen LogP contribution in [0.5, 0.6) is 5.75 Å². The average Bonchev–Trinajstić information content (AvgIpc) is 2.52. The molecule has 0 amide bonds. The van der Waals surface area contributed by atoms with Gasteiger partial charge in [-0.15, -0.1) is 0 Å². The van der Waals surface area contributed by atoms with Crippen LogP contribution in [0.3, 0.4) is 0 Å². The molecule has 110 valence electrons. The van der Waals surface area contributed by atoms with Gasteiger partial charge in [0.25, 0.3) is 0 Å². The van der Waals surface area contributed by atoms with Gasteiger partial charge in [0, 0.05) is 5.56 Å². The predicted molar refractivity (Wildman–Crippen MR) is 89.5 cm³/mol. The third-order valence-corrected chi connectivity index (χ3v) is 3.41. The molecule has 0 fully saturated rings. The van der Waals surface area contributed by atoms with Crippen molar-refractivity contribution in [2.24, 2.45) is 5.73 Å². The van der Waals surface area contributed by atoms with E-state index in [1.165, 1.54) is 30.0 Å².